The first-order valence-electron chi connectivity index (χ1n) is 10.0. The van der Waals surface area contributed by atoms with E-state index >= 15 is 0 Å². The summed E-state index contributed by atoms with van der Waals surface area (Å²) in [6, 6.07) is 6.21. The molecule has 11 heteroatoms. The van der Waals surface area contributed by atoms with Crippen molar-refractivity contribution in [1.82, 2.24) is 19.7 Å². The van der Waals surface area contributed by atoms with E-state index in [1.54, 1.807) is 47.2 Å². The summed E-state index contributed by atoms with van der Waals surface area (Å²) < 4.78 is 1.61. The molecule has 4 heterocycles. The molecule has 3 amide bonds. The smallest absolute Gasteiger partial charge is 0.315 e. The van der Waals surface area contributed by atoms with E-state index in [9.17, 15) is 9.59 Å². The molecule has 2 aliphatic heterocycles. The number of imide groups is 1. The molecular weight excluding hydrogens is 483 g/mol. The Morgan fingerprint density at radius 3 is 2.82 bits per heavy atom. The second-order valence-corrected chi connectivity index (χ2v) is 9.63. The molecule has 1 aromatic carbocycles. The van der Waals surface area contributed by atoms with Gasteiger partial charge in [0.05, 0.1) is 42.1 Å². The number of pyridine rings is 1. The van der Waals surface area contributed by atoms with Crippen molar-refractivity contribution in [3.63, 3.8) is 0 Å². The van der Waals surface area contributed by atoms with Crippen LogP contribution in [0.3, 0.4) is 0 Å². The Morgan fingerprint density at radius 2 is 2.03 bits per heavy atom. The molecule has 166 valence electrons. The van der Waals surface area contributed by atoms with E-state index < -0.39 is 17.3 Å². The molecule has 0 N–H and O–H groups in total. The van der Waals surface area contributed by atoms with Gasteiger partial charge in [-0.15, -0.1) is 11.8 Å². The third kappa shape index (κ3) is 3.55. The number of amides is 3. The van der Waals surface area contributed by atoms with Gasteiger partial charge in [-0.05, 0) is 24.3 Å². The number of aromatic nitrogens is 3. The number of nitriles is 1. The van der Waals surface area contributed by atoms with E-state index in [4.69, 9.17) is 28.5 Å². The maximum absolute atomic E-state index is 13.7. The van der Waals surface area contributed by atoms with Gasteiger partial charge >= 0.3 is 6.03 Å². The van der Waals surface area contributed by atoms with Crippen molar-refractivity contribution in [3.05, 3.63) is 58.5 Å². The van der Waals surface area contributed by atoms with E-state index in [1.165, 1.54) is 18.0 Å². The van der Waals surface area contributed by atoms with Crippen molar-refractivity contribution < 1.29 is 9.59 Å². The summed E-state index contributed by atoms with van der Waals surface area (Å²) >= 11 is 13.9. The molecule has 2 atom stereocenters. The van der Waals surface area contributed by atoms with Crippen molar-refractivity contribution in [2.75, 3.05) is 11.4 Å². The maximum atomic E-state index is 13.7. The fourth-order valence-electron chi connectivity index (χ4n) is 4.17. The van der Waals surface area contributed by atoms with Gasteiger partial charge in [0, 0.05) is 45.7 Å². The number of fused-ring (bicyclic) bond motifs is 2. The highest BCUT2D eigenvalue weighted by atomic mass is 35.5. The van der Waals surface area contributed by atoms with Gasteiger partial charge in [0.2, 0.25) is 0 Å². The standard InChI is InChI=1S/C22H16Cl2N6O2S/c1-28-19-12(10-27-28)9-26-11-17(19)30-21(31)20-16(29(22(30)32)6-2-5-25)8-18(33-20)14-7-13(23)3-4-15(14)24/h3-4,7-11,16,20H,2,6H2,1H3. The fraction of sp³-hybridized carbons (Fsp3) is 0.227. The highest BCUT2D eigenvalue weighted by molar-refractivity contribution is 8.09. The zero-order chi connectivity index (χ0) is 23.3. The molecule has 33 heavy (non-hydrogen) atoms. The quantitative estimate of drug-likeness (QED) is 0.525. The first-order chi connectivity index (χ1) is 15.9. The predicted octanol–water partition coefficient (Wildman–Crippen LogP) is 4.48. The highest BCUT2D eigenvalue weighted by Crippen LogP contribution is 2.47. The molecule has 3 aromatic rings. The average molecular weight is 499 g/mol. The fourth-order valence-corrected chi connectivity index (χ4v) is 5.97. The number of thioether (sulfide) groups is 1. The lowest BCUT2D eigenvalue weighted by molar-refractivity contribution is -0.119. The minimum atomic E-state index is -0.602. The summed E-state index contributed by atoms with van der Waals surface area (Å²) in [6.45, 7) is 0.183. The van der Waals surface area contributed by atoms with Crippen LogP contribution in [0.15, 0.2) is 42.9 Å². The van der Waals surface area contributed by atoms with E-state index in [0.717, 1.165) is 9.81 Å². The summed E-state index contributed by atoms with van der Waals surface area (Å²) in [7, 11) is 1.74. The third-order valence-electron chi connectivity index (χ3n) is 5.67. The van der Waals surface area contributed by atoms with Gasteiger partial charge in [0.25, 0.3) is 5.91 Å². The van der Waals surface area contributed by atoms with Gasteiger partial charge in [-0.2, -0.15) is 10.4 Å². The van der Waals surface area contributed by atoms with Gasteiger partial charge < -0.3 is 4.90 Å². The normalized spacial score (nSPS) is 20.2. The number of carbonyl (C=O) groups is 2. The molecule has 0 bridgehead atoms. The Morgan fingerprint density at radius 1 is 1.21 bits per heavy atom. The Hall–Kier alpha value is -3.06. The zero-order valence-electron chi connectivity index (χ0n) is 17.3. The van der Waals surface area contributed by atoms with Crippen molar-refractivity contribution in [3.8, 4) is 6.07 Å². The number of nitrogens with zero attached hydrogens (tertiary/aromatic N) is 6. The molecule has 8 nitrogen and oxygen atoms in total. The lowest BCUT2D eigenvalue weighted by atomic mass is 10.0. The van der Waals surface area contributed by atoms with Crippen LogP contribution in [-0.4, -0.2) is 49.4 Å². The topological polar surface area (TPSA) is 95.1 Å². The number of aryl methyl sites for hydroxylation is 1. The number of rotatable bonds is 4. The minimum absolute atomic E-state index is 0.136. The van der Waals surface area contributed by atoms with Crippen molar-refractivity contribution in [2.24, 2.45) is 7.05 Å². The van der Waals surface area contributed by atoms with Crippen LogP contribution < -0.4 is 4.90 Å². The second-order valence-electron chi connectivity index (χ2n) is 7.61. The van der Waals surface area contributed by atoms with Crippen molar-refractivity contribution in [2.45, 2.75) is 17.7 Å². The predicted molar refractivity (Wildman–Crippen MR) is 128 cm³/mol. The summed E-state index contributed by atoms with van der Waals surface area (Å²) in [5, 5.41) is 14.5. The minimum Gasteiger partial charge on any atom is -0.315 e. The first kappa shape index (κ1) is 21.8. The van der Waals surface area contributed by atoms with Gasteiger partial charge in [-0.1, -0.05) is 23.2 Å². The molecule has 0 radical (unpaired) electrons. The molecule has 2 aromatic heterocycles. The number of benzene rings is 1. The number of hydrogen-bond acceptors (Lipinski definition) is 6. The first-order valence-corrected chi connectivity index (χ1v) is 11.7. The monoisotopic (exact) mass is 498 g/mol. The molecule has 2 unspecified atom stereocenters. The van der Waals surface area contributed by atoms with Gasteiger partial charge in [0.15, 0.2) is 0 Å². The van der Waals surface area contributed by atoms with Crippen LogP contribution in [0, 0.1) is 11.3 Å². The number of carbonyl (C=O) groups excluding carboxylic acids is 2. The van der Waals surface area contributed by atoms with E-state index in [-0.39, 0.29) is 18.9 Å². The molecule has 1 fully saturated rings. The molecular formula is C22H16Cl2N6O2S. The summed E-state index contributed by atoms with van der Waals surface area (Å²) in [6.07, 6.45) is 6.75. The second kappa shape index (κ2) is 8.37. The summed E-state index contributed by atoms with van der Waals surface area (Å²) in [5.41, 5.74) is 1.68. The zero-order valence-corrected chi connectivity index (χ0v) is 19.6. The number of anilines is 1. The van der Waals surface area contributed by atoms with Gasteiger partial charge in [0.1, 0.15) is 5.25 Å². The maximum Gasteiger partial charge on any atom is 0.332 e. The lowest BCUT2D eigenvalue weighted by Crippen LogP contribution is -2.62. The van der Waals surface area contributed by atoms with Crippen LogP contribution in [0.25, 0.3) is 15.8 Å². The highest BCUT2D eigenvalue weighted by Gasteiger charge is 2.50. The van der Waals surface area contributed by atoms with Crippen LogP contribution in [0.2, 0.25) is 10.0 Å². The van der Waals surface area contributed by atoms with Crippen molar-refractivity contribution in [1.29, 1.82) is 5.26 Å². The van der Waals surface area contributed by atoms with Crippen LogP contribution in [0.5, 0.6) is 0 Å². The largest absolute Gasteiger partial charge is 0.332 e. The molecule has 0 aliphatic carbocycles. The third-order valence-corrected chi connectivity index (χ3v) is 7.58. The van der Waals surface area contributed by atoms with E-state index in [1.807, 2.05) is 6.08 Å². The van der Waals surface area contributed by atoms with Gasteiger partial charge in [-0.25, -0.2) is 9.69 Å². The Kier molecular flexibility index (Phi) is 5.52. The SMILES string of the molecule is Cn1ncc2cncc(N3C(=O)C4SC(c5cc(Cl)ccc5Cl)=CC4N(CCC#N)C3=O)c21. The van der Waals surface area contributed by atoms with Crippen LogP contribution in [-0.2, 0) is 11.8 Å². The molecule has 1 saturated heterocycles. The lowest BCUT2D eigenvalue weighted by Gasteiger charge is -2.40. The van der Waals surface area contributed by atoms with Gasteiger partial charge in [-0.3, -0.25) is 14.5 Å². The molecule has 0 saturated carbocycles. The van der Waals surface area contributed by atoms with Crippen LogP contribution in [0.1, 0.15) is 12.0 Å². The number of urea groups is 1. The summed E-state index contributed by atoms with van der Waals surface area (Å²) in [4.78, 5) is 35.0. The van der Waals surface area contributed by atoms with Crippen molar-refractivity contribution >= 4 is 68.4 Å². The average Bonchev–Trinajstić information content (AvgIpc) is 3.40. The summed E-state index contributed by atoms with van der Waals surface area (Å²) in [5.74, 6) is -0.358. The van der Waals surface area contributed by atoms with Crippen LogP contribution >= 0.6 is 35.0 Å². The Balaban J connectivity index is 1.60. The number of hydrogen-bond donors (Lipinski definition) is 0. The Bertz CT molecular complexity index is 1380. The Labute approximate surface area is 203 Å². The molecule has 5 rings (SSSR count). The molecule has 0 spiro atoms. The van der Waals surface area contributed by atoms with E-state index in [2.05, 4.69) is 16.2 Å². The van der Waals surface area contributed by atoms with Crippen LogP contribution in [0.4, 0.5) is 10.5 Å². The molecule has 2 aliphatic rings. The number of halogens is 2. The van der Waals surface area contributed by atoms with E-state index in [0.29, 0.717) is 32.2 Å².